The number of hydrogen-bond donors (Lipinski definition) is 1. The molecule has 0 unspecified atom stereocenters. The van der Waals surface area contributed by atoms with Gasteiger partial charge in [-0.3, -0.25) is 0 Å². The summed E-state index contributed by atoms with van der Waals surface area (Å²) in [4.78, 5) is 18.4. The minimum atomic E-state index is -0.257. The molecule has 5 rings (SSSR count). The van der Waals surface area contributed by atoms with Gasteiger partial charge < -0.3 is 19.4 Å². The van der Waals surface area contributed by atoms with Crippen LogP contribution in [0.15, 0.2) is 18.3 Å². The molecule has 3 fully saturated rings. The number of rotatable bonds is 4. The van der Waals surface area contributed by atoms with E-state index in [-0.39, 0.29) is 11.4 Å². The highest BCUT2D eigenvalue weighted by Gasteiger charge is 2.40. The molecule has 0 amide bonds. The number of benzene rings is 1. The number of methoxy groups -OCH3 is 1. The van der Waals surface area contributed by atoms with E-state index in [9.17, 15) is 4.79 Å². The summed E-state index contributed by atoms with van der Waals surface area (Å²) in [6.07, 6.45) is 5.14. The number of aromatic amines is 1. The van der Waals surface area contributed by atoms with Crippen LogP contribution in [0.1, 0.15) is 35.2 Å². The first-order valence-corrected chi connectivity index (χ1v) is 8.66. The number of aromatic nitrogens is 1. The third-order valence-electron chi connectivity index (χ3n) is 5.80. The fourth-order valence-electron chi connectivity index (χ4n) is 4.13. The van der Waals surface area contributed by atoms with Crippen molar-refractivity contribution in [3.8, 4) is 5.75 Å². The van der Waals surface area contributed by atoms with Crippen LogP contribution < -0.4 is 4.74 Å². The lowest BCUT2D eigenvalue weighted by Gasteiger charge is -2.47. The Morgan fingerprint density at radius 1 is 1.25 bits per heavy atom. The predicted octanol–water partition coefficient (Wildman–Crippen LogP) is 3.13. The van der Waals surface area contributed by atoms with Gasteiger partial charge in [0.2, 0.25) is 0 Å². The van der Waals surface area contributed by atoms with Gasteiger partial charge in [-0.15, -0.1) is 0 Å². The van der Waals surface area contributed by atoms with Crippen LogP contribution in [0.5, 0.6) is 5.75 Å². The highest BCUT2D eigenvalue weighted by Crippen LogP contribution is 2.40. The Balaban J connectivity index is 1.56. The molecule has 1 aromatic heterocycles. The maximum atomic E-state index is 12.7. The quantitative estimate of drug-likeness (QED) is 0.876. The fraction of sp³-hybridized carbons (Fsp3) is 0.526. The van der Waals surface area contributed by atoms with Crippen molar-refractivity contribution in [2.24, 2.45) is 5.41 Å². The Labute approximate surface area is 141 Å². The number of nitrogens with zero attached hydrogens (tertiary/aromatic N) is 1. The Kier molecular flexibility index (Phi) is 3.76. The first-order chi connectivity index (χ1) is 11.6. The summed E-state index contributed by atoms with van der Waals surface area (Å²) in [5.74, 6) is 0.484. The number of fused-ring (bicyclic) bond motifs is 4. The van der Waals surface area contributed by atoms with Gasteiger partial charge in [0.15, 0.2) is 0 Å². The number of carbonyl (C=O) groups excluding carboxylic acids is 1. The number of piperidine rings is 3. The zero-order valence-electron chi connectivity index (χ0n) is 14.4. The van der Waals surface area contributed by atoms with Crippen LogP contribution in [0.4, 0.5) is 0 Å². The molecule has 5 nitrogen and oxygen atoms in total. The van der Waals surface area contributed by atoms with Gasteiger partial charge in [-0.25, -0.2) is 4.79 Å². The Bertz CT molecular complexity index is 758. The van der Waals surface area contributed by atoms with Gasteiger partial charge in [0.25, 0.3) is 0 Å². The van der Waals surface area contributed by atoms with Gasteiger partial charge in [-0.1, -0.05) is 6.07 Å². The van der Waals surface area contributed by atoms with Gasteiger partial charge in [-0.2, -0.15) is 0 Å². The van der Waals surface area contributed by atoms with E-state index in [0.717, 1.165) is 61.1 Å². The van der Waals surface area contributed by atoms with E-state index in [1.165, 1.54) is 0 Å². The zero-order valence-corrected chi connectivity index (χ0v) is 14.4. The van der Waals surface area contributed by atoms with E-state index in [0.29, 0.717) is 12.2 Å². The molecule has 5 heteroatoms. The molecule has 128 valence electrons. The normalized spacial score (nSPS) is 25.8. The lowest BCUT2D eigenvalue weighted by atomic mass is 9.73. The van der Waals surface area contributed by atoms with Crippen molar-refractivity contribution < 1.29 is 14.3 Å². The average molecular weight is 328 g/mol. The molecule has 2 aromatic rings. The smallest absolute Gasteiger partial charge is 0.340 e. The highest BCUT2D eigenvalue weighted by atomic mass is 16.5. The number of esters is 1. The van der Waals surface area contributed by atoms with Crippen molar-refractivity contribution in [1.29, 1.82) is 0 Å². The Hall–Kier alpha value is -2.01. The average Bonchev–Trinajstić information content (AvgIpc) is 3.05. The van der Waals surface area contributed by atoms with Crippen LogP contribution in [-0.4, -0.2) is 49.2 Å². The lowest BCUT2D eigenvalue weighted by Crippen LogP contribution is -2.50. The van der Waals surface area contributed by atoms with Gasteiger partial charge >= 0.3 is 5.97 Å². The fourth-order valence-corrected chi connectivity index (χ4v) is 4.13. The molecule has 0 spiro atoms. The predicted molar refractivity (Wildman–Crippen MR) is 92.6 cm³/mol. The standard InChI is InChI=1S/C19H24N2O3/c1-13-3-4-15-16(17(13)23-2)14(11-20-15)18(22)24-12-19-5-8-21(9-6-19)10-7-19/h3-4,11,20H,5-10,12H2,1-2H3. The molecule has 4 heterocycles. The first-order valence-electron chi connectivity index (χ1n) is 8.66. The van der Waals surface area contributed by atoms with Crippen molar-refractivity contribution >= 4 is 16.9 Å². The van der Waals surface area contributed by atoms with E-state index in [4.69, 9.17) is 9.47 Å². The van der Waals surface area contributed by atoms with Crippen LogP contribution >= 0.6 is 0 Å². The summed E-state index contributed by atoms with van der Waals surface area (Å²) in [6, 6.07) is 3.96. The van der Waals surface area contributed by atoms with Crippen LogP contribution in [0.25, 0.3) is 10.9 Å². The lowest BCUT2D eigenvalue weighted by molar-refractivity contribution is -0.0304. The monoisotopic (exact) mass is 328 g/mol. The number of nitrogens with one attached hydrogen (secondary N) is 1. The zero-order chi connectivity index (χ0) is 16.7. The van der Waals surface area contributed by atoms with Crippen molar-refractivity contribution in [2.45, 2.75) is 26.2 Å². The van der Waals surface area contributed by atoms with Crippen molar-refractivity contribution in [2.75, 3.05) is 33.4 Å². The topological polar surface area (TPSA) is 54.6 Å². The van der Waals surface area contributed by atoms with E-state index in [2.05, 4.69) is 9.88 Å². The second-order valence-electron chi connectivity index (χ2n) is 7.21. The molecule has 2 bridgehead atoms. The van der Waals surface area contributed by atoms with E-state index < -0.39 is 0 Å². The maximum Gasteiger partial charge on any atom is 0.340 e. The van der Waals surface area contributed by atoms with Crippen LogP contribution in [-0.2, 0) is 4.74 Å². The second kappa shape index (κ2) is 5.81. The largest absolute Gasteiger partial charge is 0.496 e. The Morgan fingerprint density at radius 3 is 2.62 bits per heavy atom. The number of ether oxygens (including phenoxy) is 2. The van der Waals surface area contributed by atoms with Crippen molar-refractivity contribution in [3.63, 3.8) is 0 Å². The molecular formula is C19H24N2O3. The summed E-state index contributed by atoms with van der Waals surface area (Å²) >= 11 is 0. The van der Waals surface area contributed by atoms with Crippen molar-refractivity contribution in [3.05, 3.63) is 29.5 Å². The first kappa shape index (κ1) is 15.5. The van der Waals surface area contributed by atoms with Gasteiger partial charge in [0.05, 0.1) is 30.2 Å². The second-order valence-corrected chi connectivity index (χ2v) is 7.21. The van der Waals surface area contributed by atoms with E-state index in [1.807, 2.05) is 19.1 Å². The molecule has 24 heavy (non-hydrogen) atoms. The number of hydrogen-bond acceptors (Lipinski definition) is 4. The Morgan fingerprint density at radius 2 is 1.96 bits per heavy atom. The third-order valence-corrected chi connectivity index (χ3v) is 5.80. The molecule has 1 N–H and O–H groups in total. The number of H-pyrrole nitrogens is 1. The van der Waals surface area contributed by atoms with E-state index >= 15 is 0 Å². The third kappa shape index (κ3) is 2.47. The summed E-state index contributed by atoms with van der Waals surface area (Å²) in [5.41, 5.74) is 2.66. The minimum Gasteiger partial charge on any atom is -0.496 e. The molecule has 3 saturated heterocycles. The molecule has 0 aliphatic carbocycles. The van der Waals surface area contributed by atoms with Gasteiger partial charge in [0, 0.05) is 11.6 Å². The SMILES string of the molecule is COc1c(C)ccc2[nH]cc(C(=O)OCC34CCN(CC3)CC4)c12. The molecule has 3 aliphatic rings. The molecule has 1 aromatic carbocycles. The summed E-state index contributed by atoms with van der Waals surface area (Å²) in [7, 11) is 1.64. The molecule has 0 radical (unpaired) electrons. The molecular weight excluding hydrogens is 304 g/mol. The van der Waals surface area contributed by atoms with Crippen molar-refractivity contribution in [1.82, 2.24) is 9.88 Å². The van der Waals surface area contributed by atoms with Gasteiger partial charge in [-0.05, 0) is 57.5 Å². The summed E-state index contributed by atoms with van der Waals surface area (Å²) < 4.78 is 11.3. The molecule has 0 saturated carbocycles. The highest BCUT2D eigenvalue weighted by molar-refractivity contribution is 6.07. The molecule has 0 atom stereocenters. The summed E-state index contributed by atoms with van der Waals surface area (Å²) in [6.45, 7) is 5.92. The number of carbonyl (C=O) groups is 1. The molecule has 3 aliphatic heterocycles. The van der Waals surface area contributed by atoms with Crippen LogP contribution in [0.3, 0.4) is 0 Å². The summed E-state index contributed by atoms with van der Waals surface area (Å²) in [5, 5.41) is 0.818. The van der Waals surface area contributed by atoms with Crippen LogP contribution in [0.2, 0.25) is 0 Å². The van der Waals surface area contributed by atoms with E-state index in [1.54, 1.807) is 13.3 Å². The number of aryl methyl sites for hydroxylation is 1. The maximum absolute atomic E-state index is 12.7. The van der Waals surface area contributed by atoms with Gasteiger partial charge in [0.1, 0.15) is 5.75 Å². The van der Waals surface area contributed by atoms with Crippen LogP contribution in [0, 0.1) is 12.3 Å². The minimum absolute atomic E-state index is 0.191.